The molecule has 0 aromatic heterocycles. The second-order valence-electron chi connectivity index (χ2n) is 7.64. The van der Waals surface area contributed by atoms with E-state index in [-0.39, 0.29) is 12.5 Å². The largest absolute Gasteiger partial charge is 0.495 e. The van der Waals surface area contributed by atoms with E-state index in [0.29, 0.717) is 22.7 Å². The molecule has 3 N–H and O–H groups in total. The van der Waals surface area contributed by atoms with Crippen LogP contribution in [0, 0.1) is 6.92 Å². The van der Waals surface area contributed by atoms with Crippen molar-refractivity contribution in [2.75, 3.05) is 24.3 Å². The average molecular weight is 413 g/mol. The molecule has 8 heteroatoms. The fraction of sp³-hybridized carbons (Fsp3) is 0.318. The third-order valence-electron chi connectivity index (χ3n) is 3.83. The number of aryl methyl sites for hydroxylation is 1. The molecule has 0 spiro atoms. The van der Waals surface area contributed by atoms with Gasteiger partial charge in [0.05, 0.1) is 19.3 Å². The zero-order valence-corrected chi connectivity index (χ0v) is 17.8. The van der Waals surface area contributed by atoms with Gasteiger partial charge in [0.1, 0.15) is 11.4 Å². The van der Waals surface area contributed by atoms with Crippen molar-refractivity contribution in [3.8, 4) is 5.75 Å². The van der Waals surface area contributed by atoms with Gasteiger partial charge in [-0.15, -0.1) is 0 Å². The predicted octanol–water partition coefficient (Wildman–Crippen LogP) is 3.72. The van der Waals surface area contributed by atoms with Crippen molar-refractivity contribution in [3.63, 3.8) is 0 Å². The Labute approximate surface area is 175 Å². The lowest BCUT2D eigenvalue weighted by molar-refractivity contribution is -0.115. The highest BCUT2D eigenvalue weighted by atomic mass is 16.6. The Hall–Kier alpha value is -3.55. The van der Waals surface area contributed by atoms with E-state index in [1.807, 2.05) is 13.0 Å². The quantitative estimate of drug-likeness (QED) is 0.669. The molecule has 0 aliphatic rings. The number of nitrogens with one attached hydrogen (secondary N) is 3. The van der Waals surface area contributed by atoms with Crippen molar-refractivity contribution in [2.24, 2.45) is 0 Å². The number of anilines is 2. The summed E-state index contributed by atoms with van der Waals surface area (Å²) in [7, 11) is 1.52. The summed E-state index contributed by atoms with van der Waals surface area (Å²) in [5, 5.41) is 7.87. The molecule has 0 atom stereocenters. The molecule has 160 valence electrons. The standard InChI is InChI=1S/C22H27N3O5/c1-14-6-11-18(29-5)17(12-14)25-19(26)13-23-20(27)15-7-9-16(10-8-15)24-21(28)30-22(2,3)4/h6-12H,13H2,1-5H3,(H,23,27)(H,24,28)(H,25,26). The monoisotopic (exact) mass is 413 g/mol. The molecule has 2 rings (SSSR count). The first-order valence-corrected chi connectivity index (χ1v) is 9.40. The highest BCUT2D eigenvalue weighted by Crippen LogP contribution is 2.25. The van der Waals surface area contributed by atoms with E-state index in [1.54, 1.807) is 57.2 Å². The van der Waals surface area contributed by atoms with Crippen LogP contribution in [0.1, 0.15) is 36.7 Å². The van der Waals surface area contributed by atoms with Crippen LogP contribution in [-0.4, -0.2) is 37.2 Å². The van der Waals surface area contributed by atoms with Gasteiger partial charge in [-0.25, -0.2) is 4.79 Å². The normalized spacial score (nSPS) is 10.7. The molecule has 2 aromatic carbocycles. The van der Waals surface area contributed by atoms with Gasteiger partial charge in [-0.3, -0.25) is 14.9 Å². The highest BCUT2D eigenvalue weighted by molar-refractivity contribution is 6.00. The second-order valence-corrected chi connectivity index (χ2v) is 7.64. The van der Waals surface area contributed by atoms with E-state index < -0.39 is 17.6 Å². The Balaban J connectivity index is 1.88. The zero-order valence-electron chi connectivity index (χ0n) is 17.8. The van der Waals surface area contributed by atoms with Crippen LogP contribution in [-0.2, 0) is 9.53 Å². The minimum Gasteiger partial charge on any atom is -0.495 e. The maximum atomic E-state index is 12.3. The van der Waals surface area contributed by atoms with Crippen molar-refractivity contribution >= 4 is 29.3 Å². The molecular formula is C22H27N3O5. The summed E-state index contributed by atoms with van der Waals surface area (Å²) in [6.07, 6.45) is -0.581. The number of carbonyl (C=O) groups is 3. The van der Waals surface area contributed by atoms with Crippen molar-refractivity contribution < 1.29 is 23.9 Å². The van der Waals surface area contributed by atoms with E-state index in [0.717, 1.165) is 5.56 Å². The maximum Gasteiger partial charge on any atom is 0.412 e. The molecule has 2 aromatic rings. The lowest BCUT2D eigenvalue weighted by atomic mass is 10.2. The van der Waals surface area contributed by atoms with Gasteiger partial charge in [-0.2, -0.15) is 0 Å². The lowest BCUT2D eigenvalue weighted by Crippen LogP contribution is -2.33. The number of methoxy groups -OCH3 is 1. The number of rotatable bonds is 6. The van der Waals surface area contributed by atoms with Crippen LogP contribution in [0.4, 0.5) is 16.2 Å². The molecule has 0 unspecified atom stereocenters. The Bertz CT molecular complexity index is 917. The van der Waals surface area contributed by atoms with Gasteiger partial charge >= 0.3 is 6.09 Å². The molecule has 0 heterocycles. The number of hydrogen-bond acceptors (Lipinski definition) is 5. The van der Waals surface area contributed by atoms with Crippen molar-refractivity contribution in [1.82, 2.24) is 5.32 Å². The number of ether oxygens (including phenoxy) is 2. The van der Waals surface area contributed by atoms with Gasteiger partial charge in [0.2, 0.25) is 5.91 Å². The number of hydrogen-bond donors (Lipinski definition) is 3. The van der Waals surface area contributed by atoms with Crippen LogP contribution >= 0.6 is 0 Å². The summed E-state index contributed by atoms with van der Waals surface area (Å²) >= 11 is 0. The molecule has 0 fully saturated rings. The fourth-order valence-corrected chi connectivity index (χ4v) is 2.50. The van der Waals surface area contributed by atoms with E-state index in [4.69, 9.17) is 9.47 Å². The summed E-state index contributed by atoms with van der Waals surface area (Å²) in [5.41, 5.74) is 1.74. The summed E-state index contributed by atoms with van der Waals surface area (Å²) in [6, 6.07) is 11.7. The van der Waals surface area contributed by atoms with Gasteiger partial charge in [0.25, 0.3) is 5.91 Å². The summed E-state index contributed by atoms with van der Waals surface area (Å²) in [4.78, 5) is 36.2. The van der Waals surface area contributed by atoms with Crippen LogP contribution < -0.4 is 20.7 Å². The van der Waals surface area contributed by atoms with Crippen molar-refractivity contribution in [3.05, 3.63) is 53.6 Å². The molecule has 8 nitrogen and oxygen atoms in total. The third kappa shape index (κ3) is 7.12. The van der Waals surface area contributed by atoms with Crippen molar-refractivity contribution in [1.29, 1.82) is 0 Å². The van der Waals surface area contributed by atoms with Crippen LogP contribution in [0.5, 0.6) is 5.75 Å². The molecular weight excluding hydrogens is 386 g/mol. The second kappa shape index (κ2) is 9.78. The average Bonchev–Trinajstić information content (AvgIpc) is 2.65. The van der Waals surface area contributed by atoms with E-state index in [2.05, 4.69) is 16.0 Å². The topological polar surface area (TPSA) is 106 Å². The third-order valence-corrected chi connectivity index (χ3v) is 3.83. The number of carbonyl (C=O) groups excluding carboxylic acids is 3. The van der Waals surface area contributed by atoms with Crippen LogP contribution in [0.25, 0.3) is 0 Å². The summed E-state index contributed by atoms with van der Waals surface area (Å²) < 4.78 is 10.4. The van der Waals surface area contributed by atoms with Crippen LogP contribution in [0.15, 0.2) is 42.5 Å². The van der Waals surface area contributed by atoms with Gasteiger partial charge < -0.3 is 20.1 Å². The first kappa shape index (κ1) is 22.7. The van der Waals surface area contributed by atoms with Gasteiger partial charge in [-0.1, -0.05) is 6.07 Å². The first-order chi connectivity index (χ1) is 14.1. The van der Waals surface area contributed by atoms with Gasteiger partial charge in [-0.05, 0) is 69.7 Å². The van der Waals surface area contributed by atoms with Gasteiger partial charge in [0, 0.05) is 11.3 Å². The molecule has 0 aliphatic heterocycles. The SMILES string of the molecule is COc1ccc(C)cc1NC(=O)CNC(=O)c1ccc(NC(=O)OC(C)(C)C)cc1. The molecule has 30 heavy (non-hydrogen) atoms. The van der Waals surface area contributed by atoms with Crippen LogP contribution in [0.2, 0.25) is 0 Å². The van der Waals surface area contributed by atoms with Crippen molar-refractivity contribution in [2.45, 2.75) is 33.3 Å². The molecule has 0 saturated carbocycles. The predicted molar refractivity (Wildman–Crippen MR) is 115 cm³/mol. The Morgan fingerprint density at radius 3 is 2.23 bits per heavy atom. The minimum absolute atomic E-state index is 0.201. The smallest absolute Gasteiger partial charge is 0.412 e. The summed E-state index contributed by atoms with van der Waals surface area (Å²) in [5.74, 6) is -0.256. The van der Waals surface area contributed by atoms with Gasteiger partial charge in [0.15, 0.2) is 0 Å². The molecule has 0 saturated heterocycles. The molecule has 0 aliphatic carbocycles. The lowest BCUT2D eigenvalue weighted by Gasteiger charge is -2.19. The molecule has 3 amide bonds. The Morgan fingerprint density at radius 2 is 1.63 bits per heavy atom. The maximum absolute atomic E-state index is 12.3. The first-order valence-electron chi connectivity index (χ1n) is 9.40. The van der Waals surface area contributed by atoms with E-state index in [1.165, 1.54) is 7.11 Å². The molecule has 0 radical (unpaired) electrons. The Morgan fingerprint density at radius 1 is 0.967 bits per heavy atom. The summed E-state index contributed by atoms with van der Waals surface area (Å²) in [6.45, 7) is 7.01. The molecule has 0 bridgehead atoms. The fourth-order valence-electron chi connectivity index (χ4n) is 2.50. The van der Waals surface area contributed by atoms with E-state index >= 15 is 0 Å². The van der Waals surface area contributed by atoms with Crippen LogP contribution in [0.3, 0.4) is 0 Å². The highest BCUT2D eigenvalue weighted by Gasteiger charge is 2.16. The zero-order chi connectivity index (χ0) is 22.3. The number of amides is 3. The minimum atomic E-state index is -0.604. The Kier molecular flexibility index (Phi) is 7.41. The number of benzene rings is 2. The van der Waals surface area contributed by atoms with E-state index in [9.17, 15) is 14.4 Å².